The molecule has 0 unspecified atom stereocenters. The number of nitrogens with one attached hydrogen (secondary N) is 1. The Balaban J connectivity index is 1.58. The minimum Gasteiger partial charge on any atom is -0.350 e. The van der Waals surface area contributed by atoms with Crippen LogP contribution in [0.3, 0.4) is 0 Å². The van der Waals surface area contributed by atoms with Gasteiger partial charge in [-0.2, -0.15) is 0 Å². The third-order valence-electron chi connectivity index (χ3n) is 6.56. The van der Waals surface area contributed by atoms with Gasteiger partial charge in [-0.25, -0.2) is 0 Å². The van der Waals surface area contributed by atoms with Gasteiger partial charge in [0.25, 0.3) is 5.91 Å². The summed E-state index contributed by atoms with van der Waals surface area (Å²) in [6.45, 7) is 6.59. The molecule has 0 fully saturated rings. The fourth-order valence-electron chi connectivity index (χ4n) is 4.53. The molecule has 5 rings (SSSR count). The number of hydrogen-bond donors (Lipinski definition) is 1. The molecule has 2 amide bonds. The van der Waals surface area contributed by atoms with Crippen molar-refractivity contribution in [3.8, 4) is 0 Å². The number of fused-ring (bicyclic) bond motifs is 3. The van der Waals surface area contributed by atoms with Crippen LogP contribution >= 0.6 is 22.9 Å². The van der Waals surface area contributed by atoms with Crippen molar-refractivity contribution in [2.75, 3.05) is 4.90 Å². The van der Waals surface area contributed by atoms with Crippen LogP contribution in [0.25, 0.3) is 10.2 Å². The van der Waals surface area contributed by atoms with Crippen molar-refractivity contribution < 1.29 is 9.59 Å². The minimum atomic E-state index is -1.11. The van der Waals surface area contributed by atoms with Crippen molar-refractivity contribution in [2.45, 2.75) is 39.4 Å². The van der Waals surface area contributed by atoms with E-state index < -0.39 is 5.54 Å². The summed E-state index contributed by atoms with van der Waals surface area (Å²) in [5.74, 6) is -0.363. The standard InChI is InChI=1S/C26H24ClN3O2S/c1-16-5-4-6-21(17(16)2)30-23(31)22-13-19-11-12-33-24(19)29(22)15-26(30,3)25(32)28-14-18-7-9-20(27)10-8-18/h4-13H,14-15H2,1-3H3,(H,28,32)/t26-/m0/s1. The molecule has 4 aromatic rings. The molecule has 1 aliphatic rings. The molecule has 0 saturated carbocycles. The molecule has 3 heterocycles. The Morgan fingerprint density at radius 3 is 2.67 bits per heavy atom. The lowest BCUT2D eigenvalue weighted by Gasteiger charge is -2.44. The molecular weight excluding hydrogens is 454 g/mol. The van der Waals surface area contributed by atoms with Gasteiger partial charge in [0.1, 0.15) is 16.1 Å². The van der Waals surface area contributed by atoms with Gasteiger partial charge in [-0.1, -0.05) is 35.9 Å². The number of hydrogen-bond acceptors (Lipinski definition) is 3. The zero-order valence-electron chi connectivity index (χ0n) is 18.7. The van der Waals surface area contributed by atoms with E-state index in [9.17, 15) is 9.59 Å². The first-order chi connectivity index (χ1) is 15.8. The zero-order chi connectivity index (χ0) is 23.3. The van der Waals surface area contributed by atoms with E-state index in [0.717, 1.165) is 32.6 Å². The van der Waals surface area contributed by atoms with Gasteiger partial charge >= 0.3 is 0 Å². The quantitative estimate of drug-likeness (QED) is 0.409. The smallest absolute Gasteiger partial charge is 0.275 e. The van der Waals surface area contributed by atoms with E-state index in [1.807, 2.05) is 73.2 Å². The Hall–Kier alpha value is -3.09. The van der Waals surface area contributed by atoms with Crippen molar-refractivity contribution in [3.63, 3.8) is 0 Å². The highest BCUT2D eigenvalue weighted by molar-refractivity contribution is 7.16. The van der Waals surface area contributed by atoms with E-state index in [2.05, 4.69) is 5.32 Å². The number of anilines is 1. The molecule has 7 heteroatoms. The van der Waals surface area contributed by atoms with Gasteiger partial charge in [0.15, 0.2) is 0 Å². The lowest BCUT2D eigenvalue weighted by atomic mass is 9.92. The molecule has 168 valence electrons. The molecule has 1 N–H and O–H groups in total. The van der Waals surface area contributed by atoms with Gasteiger partial charge in [0.2, 0.25) is 5.91 Å². The lowest BCUT2D eigenvalue weighted by Crippen LogP contribution is -2.64. The molecule has 0 radical (unpaired) electrons. The topological polar surface area (TPSA) is 54.3 Å². The van der Waals surface area contributed by atoms with E-state index in [1.54, 1.807) is 28.4 Å². The van der Waals surface area contributed by atoms with Crippen molar-refractivity contribution in [2.24, 2.45) is 0 Å². The number of rotatable bonds is 4. The number of amides is 2. The lowest BCUT2D eigenvalue weighted by molar-refractivity contribution is -0.126. The molecule has 0 aliphatic carbocycles. The van der Waals surface area contributed by atoms with Gasteiger partial charge in [-0.3, -0.25) is 14.5 Å². The van der Waals surface area contributed by atoms with Crippen molar-refractivity contribution in [3.05, 3.63) is 87.4 Å². The normalized spacial score (nSPS) is 17.9. The molecular formula is C26H24ClN3O2S. The fraction of sp³-hybridized carbons (Fsp3) is 0.231. The Bertz CT molecular complexity index is 1390. The maximum absolute atomic E-state index is 13.9. The molecule has 0 spiro atoms. The fourth-order valence-corrected chi connectivity index (χ4v) is 5.55. The summed E-state index contributed by atoms with van der Waals surface area (Å²) < 4.78 is 1.99. The molecule has 1 atom stereocenters. The minimum absolute atomic E-state index is 0.164. The molecule has 1 aliphatic heterocycles. The number of aromatic nitrogens is 1. The Labute approximate surface area is 201 Å². The van der Waals surface area contributed by atoms with E-state index >= 15 is 0 Å². The van der Waals surface area contributed by atoms with Gasteiger partial charge in [-0.05, 0) is 73.2 Å². The van der Waals surface area contributed by atoms with Crippen LogP contribution in [0.15, 0.2) is 60.0 Å². The number of carbonyl (C=O) groups excluding carboxylic acids is 2. The number of aryl methyl sites for hydroxylation is 1. The molecule has 2 aromatic carbocycles. The SMILES string of the molecule is Cc1cccc(N2C(=O)c3cc4ccsc4n3C[C@@]2(C)C(=O)NCc2ccc(Cl)cc2)c1C. The molecule has 2 aromatic heterocycles. The highest BCUT2D eigenvalue weighted by Crippen LogP contribution is 2.39. The predicted molar refractivity (Wildman–Crippen MR) is 134 cm³/mol. The summed E-state index contributed by atoms with van der Waals surface area (Å²) >= 11 is 7.58. The van der Waals surface area contributed by atoms with E-state index in [1.165, 1.54) is 0 Å². The Morgan fingerprint density at radius 2 is 1.91 bits per heavy atom. The monoisotopic (exact) mass is 477 g/mol. The van der Waals surface area contributed by atoms with E-state index in [-0.39, 0.29) is 11.8 Å². The third-order valence-corrected chi connectivity index (χ3v) is 7.76. The second kappa shape index (κ2) is 8.04. The van der Waals surface area contributed by atoms with Gasteiger partial charge in [0, 0.05) is 22.6 Å². The van der Waals surface area contributed by atoms with Crippen LogP contribution in [0.1, 0.15) is 34.1 Å². The molecule has 5 nitrogen and oxygen atoms in total. The highest BCUT2D eigenvalue weighted by Gasteiger charge is 2.49. The van der Waals surface area contributed by atoms with Crippen LogP contribution in [-0.4, -0.2) is 21.9 Å². The first kappa shape index (κ1) is 21.7. The first-order valence-electron chi connectivity index (χ1n) is 10.8. The number of halogens is 1. The molecule has 33 heavy (non-hydrogen) atoms. The summed E-state index contributed by atoms with van der Waals surface area (Å²) in [4.78, 5) is 30.3. The maximum Gasteiger partial charge on any atom is 0.275 e. The van der Waals surface area contributed by atoms with Crippen molar-refractivity contribution in [1.82, 2.24) is 9.88 Å². The number of benzene rings is 2. The van der Waals surface area contributed by atoms with Crippen molar-refractivity contribution >= 4 is 50.7 Å². The van der Waals surface area contributed by atoms with Crippen LogP contribution in [0.2, 0.25) is 5.02 Å². The first-order valence-corrected chi connectivity index (χ1v) is 12.1. The van der Waals surface area contributed by atoms with Crippen molar-refractivity contribution in [1.29, 1.82) is 0 Å². The van der Waals surface area contributed by atoms with Gasteiger partial charge in [-0.15, -0.1) is 11.3 Å². The largest absolute Gasteiger partial charge is 0.350 e. The summed E-state index contributed by atoms with van der Waals surface area (Å²) in [7, 11) is 0. The Morgan fingerprint density at radius 1 is 1.15 bits per heavy atom. The van der Waals surface area contributed by atoms with Gasteiger partial charge in [0.05, 0.1) is 6.54 Å². The molecule has 0 bridgehead atoms. The number of thiophene rings is 1. The summed E-state index contributed by atoms with van der Waals surface area (Å²) in [5.41, 5.74) is 3.28. The van der Waals surface area contributed by atoms with E-state index in [0.29, 0.717) is 23.8 Å². The maximum atomic E-state index is 13.9. The highest BCUT2D eigenvalue weighted by atomic mass is 35.5. The number of nitrogens with zero attached hydrogens (tertiary/aromatic N) is 2. The molecule has 0 saturated heterocycles. The summed E-state index contributed by atoms with van der Waals surface area (Å²) in [6.07, 6.45) is 0. The Kier molecular flexibility index (Phi) is 5.30. The van der Waals surface area contributed by atoms with Crippen LogP contribution in [0, 0.1) is 13.8 Å². The summed E-state index contributed by atoms with van der Waals surface area (Å²) in [5, 5.41) is 6.75. The predicted octanol–water partition coefficient (Wildman–Crippen LogP) is 5.71. The average Bonchev–Trinajstić information content (AvgIpc) is 3.38. The van der Waals surface area contributed by atoms with Crippen LogP contribution in [-0.2, 0) is 17.9 Å². The second-order valence-corrected chi connectivity index (χ2v) is 10.1. The third kappa shape index (κ3) is 3.54. The van der Waals surface area contributed by atoms with Gasteiger partial charge < -0.3 is 9.88 Å². The number of carbonyl (C=O) groups is 2. The van der Waals surface area contributed by atoms with Crippen LogP contribution in [0.4, 0.5) is 5.69 Å². The second-order valence-electron chi connectivity index (χ2n) is 8.74. The average molecular weight is 478 g/mol. The van der Waals surface area contributed by atoms with Crippen LogP contribution < -0.4 is 10.2 Å². The summed E-state index contributed by atoms with van der Waals surface area (Å²) in [6, 6.07) is 17.2. The van der Waals surface area contributed by atoms with Crippen LogP contribution in [0.5, 0.6) is 0 Å². The zero-order valence-corrected chi connectivity index (χ0v) is 20.3. The van der Waals surface area contributed by atoms with E-state index in [4.69, 9.17) is 11.6 Å².